The van der Waals surface area contributed by atoms with Gasteiger partial charge in [0.25, 0.3) is 0 Å². The molecule has 0 atom stereocenters. The number of hydrogen-bond donors (Lipinski definition) is 2. The summed E-state index contributed by atoms with van der Waals surface area (Å²) in [6, 6.07) is 13.0. The zero-order valence-electron chi connectivity index (χ0n) is 13.3. The zero-order valence-corrected chi connectivity index (χ0v) is 13.3. The van der Waals surface area contributed by atoms with Crippen LogP contribution >= 0.6 is 0 Å². The molecule has 3 nitrogen and oxygen atoms in total. The van der Waals surface area contributed by atoms with E-state index in [-0.39, 0.29) is 24.6 Å². The normalized spacial score (nSPS) is 11.2. The number of halogens is 3. The van der Waals surface area contributed by atoms with Crippen molar-refractivity contribution in [3.05, 3.63) is 65.2 Å². The van der Waals surface area contributed by atoms with Gasteiger partial charge in [0.15, 0.2) is 0 Å². The fourth-order valence-electron chi connectivity index (χ4n) is 2.19. The van der Waals surface area contributed by atoms with Crippen molar-refractivity contribution in [3.63, 3.8) is 0 Å². The lowest BCUT2D eigenvalue weighted by Crippen LogP contribution is -2.25. The lowest BCUT2D eigenvalue weighted by molar-refractivity contribution is -0.137. The molecule has 2 aromatic rings. The molecular weight excluding hydrogens is 317 g/mol. The molecule has 0 saturated carbocycles. The van der Waals surface area contributed by atoms with E-state index in [1.165, 1.54) is 18.2 Å². The highest BCUT2D eigenvalue weighted by molar-refractivity contribution is 5.76. The molecule has 0 heterocycles. The Kier molecular flexibility index (Phi) is 5.84. The Bertz CT molecular complexity index is 681. The predicted molar refractivity (Wildman–Crippen MR) is 87.6 cm³/mol. The number of amides is 1. The highest BCUT2D eigenvalue weighted by atomic mass is 19.4. The fraction of sp³-hybridized carbons (Fsp3) is 0.278. The Morgan fingerprint density at radius 2 is 1.71 bits per heavy atom. The van der Waals surface area contributed by atoms with Gasteiger partial charge in [-0.1, -0.05) is 42.0 Å². The summed E-state index contributed by atoms with van der Waals surface area (Å²) in [4.78, 5) is 11.8. The first-order chi connectivity index (χ1) is 11.4. The smallest absolute Gasteiger partial charge is 0.384 e. The van der Waals surface area contributed by atoms with Gasteiger partial charge in [0.2, 0.25) is 5.91 Å². The van der Waals surface area contributed by atoms with E-state index >= 15 is 0 Å². The second kappa shape index (κ2) is 7.86. The maximum Gasteiger partial charge on any atom is 0.418 e. The van der Waals surface area contributed by atoms with Crippen LogP contribution in [0.3, 0.4) is 0 Å². The van der Waals surface area contributed by atoms with Crippen LogP contribution < -0.4 is 10.6 Å². The van der Waals surface area contributed by atoms with E-state index in [0.717, 1.165) is 17.2 Å². The summed E-state index contributed by atoms with van der Waals surface area (Å²) in [6.07, 6.45) is -4.32. The number of benzene rings is 2. The molecule has 2 aromatic carbocycles. The van der Waals surface area contributed by atoms with E-state index in [0.29, 0.717) is 6.54 Å². The lowest BCUT2D eigenvalue weighted by atomic mass is 10.1. The summed E-state index contributed by atoms with van der Waals surface area (Å²) in [7, 11) is 0. The standard InChI is InChI=1S/C18H19F3N2O/c1-13-6-8-14(9-7-13)12-23-17(24)10-11-22-16-5-3-2-4-15(16)18(19,20)21/h2-9,22H,10-12H2,1H3,(H,23,24). The molecule has 24 heavy (non-hydrogen) atoms. The van der Waals surface area contributed by atoms with Crippen molar-refractivity contribution >= 4 is 11.6 Å². The molecule has 0 spiro atoms. The average molecular weight is 336 g/mol. The molecule has 2 N–H and O–H groups in total. The number of para-hydroxylation sites is 1. The van der Waals surface area contributed by atoms with Gasteiger partial charge in [-0.05, 0) is 24.6 Å². The third-order valence-corrected chi connectivity index (χ3v) is 3.51. The number of alkyl halides is 3. The van der Waals surface area contributed by atoms with Crippen LogP contribution in [0.15, 0.2) is 48.5 Å². The number of carbonyl (C=O) groups excluding carboxylic acids is 1. The van der Waals surface area contributed by atoms with Crippen molar-refractivity contribution in [2.24, 2.45) is 0 Å². The van der Waals surface area contributed by atoms with Crippen molar-refractivity contribution in [3.8, 4) is 0 Å². The summed E-state index contributed by atoms with van der Waals surface area (Å²) in [5.74, 6) is -0.215. The van der Waals surface area contributed by atoms with Gasteiger partial charge in [-0.25, -0.2) is 0 Å². The van der Waals surface area contributed by atoms with Crippen molar-refractivity contribution in [1.29, 1.82) is 0 Å². The van der Waals surface area contributed by atoms with Gasteiger partial charge >= 0.3 is 6.18 Å². The van der Waals surface area contributed by atoms with Gasteiger partial charge in [-0.15, -0.1) is 0 Å². The molecular formula is C18H19F3N2O. The van der Waals surface area contributed by atoms with Crippen LogP contribution in [0.1, 0.15) is 23.1 Å². The van der Waals surface area contributed by atoms with Gasteiger partial charge in [0, 0.05) is 25.2 Å². The van der Waals surface area contributed by atoms with E-state index in [1.54, 1.807) is 0 Å². The topological polar surface area (TPSA) is 41.1 Å². The first-order valence-corrected chi connectivity index (χ1v) is 7.58. The first kappa shape index (κ1) is 17.8. The Morgan fingerprint density at radius 3 is 2.38 bits per heavy atom. The van der Waals surface area contributed by atoms with Crippen LogP contribution in [0.2, 0.25) is 0 Å². The van der Waals surface area contributed by atoms with Crippen LogP contribution in [0, 0.1) is 6.92 Å². The Hall–Kier alpha value is -2.50. The number of nitrogens with one attached hydrogen (secondary N) is 2. The monoisotopic (exact) mass is 336 g/mol. The van der Waals surface area contributed by atoms with E-state index in [9.17, 15) is 18.0 Å². The fourth-order valence-corrected chi connectivity index (χ4v) is 2.19. The van der Waals surface area contributed by atoms with Crippen molar-refractivity contribution in [2.45, 2.75) is 26.1 Å². The minimum absolute atomic E-state index is 0.0173. The SMILES string of the molecule is Cc1ccc(CNC(=O)CCNc2ccccc2C(F)(F)F)cc1. The molecule has 2 rings (SSSR count). The van der Waals surface area contributed by atoms with Crippen LogP contribution in [-0.4, -0.2) is 12.5 Å². The molecule has 128 valence electrons. The van der Waals surface area contributed by atoms with Gasteiger partial charge in [0.1, 0.15) is 0 Å². The van der Waals surface area contributed by atoms with Crippen LogP contribution in [0.5, 0.6) is 0 Å². The molecule has 0 fully saturated rings. The minimum Gasteiger partial charge on any atom is -0.384 e. The molecule has 1 amide bonds. The predicted octanol–water partition coefficient (Wildman–Crippen LogP) is 4.13. The van der Waals surface area contributed by atoms with Gasteiger partial charge in [0.05, 0.1) is 5.56 Å². The molecule has 0 unspecified atom stereocenters. The first-order valence-electron chi connectivity index (χ1n) is 7.58. The molecule has 0 bridgehead atoms. The largest absolute Gasteiger partial charge is 0.418 e. The molecule has 0 aliphatic heterocycles. The van der Waals surface area contributed by atoms with Gasteiger partial charge in [-0.3, -0.25) is 4.79 Å². The quantitative estimate of drug-likeness (QED) is 0.833. The second-order valence-corrected chi connectivity index (χ2v) is 5.48. The van der Waals surface area contributed by atoms with E-state index in [4.69, 9.17) is 0 Å². The Labute approximate surface area is 138 Å². The van der Waals surface area contributed by atoms with E-state index < -0.39 is 11.7 Å². The van der Waals surface area contributed by atoms with Gasteiger partial charge < -0.3 is 10.6 Å². The van der Waals surface area contributed by atoms with Crippen molar-refractivity contribution < 1.29 is 18.0 Å². The van der Waals surface area contributed by atoms with E-state index in [1.807, 2.05) is 31.2 Å². The summed E-state index contributed by atoms with van der Waals surface area (Å²) < 4.78 is 38.6. The molecule has 6 heteroatoms. The summed E-state index contributed by atoms with van der Waals surface area (Å²) in [6.45, 7) is 2.51. The minimum atomic E-state index is -4.42. The zero-order chi connectivity index (χ0) is 17.6. The lowest BCUT2D eigenvalue weighted by Gasteiger charge is -2.14. The highest BCUT2D eigenvalue weighted by Crippen LogP contribution is 2.34. The number of carbonyl (C=O) groups is 1. The number of anilines is 1. The Balaban J connectivity index is 1.80. The molecule has 0 radical (unpaired) electrons. The Morgan fingerprint density at radius 1 is 1.04 bits per heavy atom. The third-order valence-electron chi connectivity index (χ3n) is 3.51. The summed E-state index contributed by atoms with van der Waals surface area (Å²) in [5.41, 5.74) is 1.36. The van der Waals surface area contributed by atoms with Gasteiger partial charge in [-0.2, -0.15) is 13.2 Å². The summed E-state index contributed by atoms with van der Waals surface area (Å²) in [5, 5.41) is 5.42. The van der Waals surface area contributed by atoms with Crippen molar-refractivity contribution in [2.75, 3.05) is 11.9 Å². The van der Waals surface area contributed by atoms with Crippen LogP contribution in [0.4, 0.5) is 18.9 Å². The maximum absolute atomic E-state index is 12.9. The molecule has 0 saturated heterocycles. The average Bonchev–Trinajstić information content (AvgIpc) is 2.54. The van der Waals surface area contributed by atoms with Crippen LogP contribution in [-0.2, 0) is 17.5 Å². The molecule has 0 aromatic heterocycles. The number of rotatable bonds is 6. The third kappa shape index (κ3) is 5.30. The molecule has 0 aliphatic carbocycles. The molecule has 0 aliphatic rings. The second-order valence-electron chi connectivity index (χ2n) is 5.48. The number of hydrogen-bond acceptors (Lipinski definition) is 2. The van der Waals surface area contributed by atoms with Crippen LogP contribution in [0.25, 0.3) is 0 Å². The van der Waals surface area contributed by atoms with Crippen molar-refractivity contribution in [1.82, 2.24) is 5.32 Å². The highest BCUT2D eigenvalue weighted by Gasteiger charge is 2.32. The number of aryl methyl sites for hydroxylation is 1. The summed E-state index contributed by atoms with van der Waals surface area (Å²) >= 11 is 0. The maximum atomic E-state index is 12.9. The van der Waals surface area contributed by atoms with E-state index in [2.05, 4.69) is 10.6 Å².